The SMILES string of the molecule is COc1cc(NC(=O)CSc2ccc(-c3ccncc3)nn2)cc(OC)c1. The van der Waals surface area contributed by atoms with Crippen molar-refractivity contribution in [3.63, 3.8) is 0 Å². The number of ether oxygens (including phenoxy) is 2. The van der Waals surface area contributed by atoms with Gasteiger partial charge < -0.3 is 14.8 Å². The van der Waals surface area contributed by atoms with Gasteiger partial charge in [0.25, 0.3) is 0 Å². The molecule has 0 aliphatic heterocycles. The highest BCUT2D eigenvalue weighted by molar-refractivity contribution is 7.99. The normalized spacial score (nSPS) is 10.3. The Bertz CT molecular complexity index is 882. The van der Waals surface area contributed by atoms with Crippen LogP contribution in [0.25, 0.3) is 11.3 Å². The zero-order valence-corrected chi connectivity index (χ0v) is 15.7. The number of pyridine rings is 1. The number of nitrogens with one attached hydrogen (secondary N) is 1. The van der Waals surface area contributed by atoms with Crippen LogP contribution in [0.3, 0.4) is 0 Å². The number of benzene rings is 1. The molecule has 8 heteroatoms. The Hall–Kier alpha value is -3.13. The minimum Gasteiger partial charge on any atom is -0.497 e. The standard InChI is InChI=1S/C19H18N4O3S/c1-25-15-9-14(10-16(11-15)26-2)21-18(24)12-27-19-4-3-17(22-23-19)13-5-7-20-8-6-13/h3-11H,12H2,1-2H3,(H,21,24). The quantitative estimate of drug-likeness (QED) is 0.628. The lowest BCUT2D eigenvalue weighted by Crippen LogP contribution is -2.14. The summed E-state index contributed by atoms with van der Waals surface area (Å²) in [6, 6.07) is 12.7. The summed E-state index contributed by atoms with van der Waals surface area (Å²) in [6.07, 6.45) is 3.41. The minimum absolute atomic E-state index is 0.157. The van der Waals surface area contributed by atoms with E-state index in [1.807, 2.05) is 24.3 Å². The molecule has 27 heavy (non-hydrogen) atoms. The zero-order valence-electron chi connectivity index (χ0n) is 14.9. The first kappa shape index (κ1) is 18.7. The van der Waals surface area contributed by atoms with E-state index in [2.05, 4.69) is 20.5 Å². The molecule has 0 atom stereocenters. The summed E-state index contributed by atoms with van der Waals surface area (Å²) in [4.78, 5) is 16.2. The average Bonchev–Trinajstić information content (AvgIpc) is 2.73. The fraction of sp³-hybridized carbons (Fsp3) is 0.158. The number of amides is 1. The van der Waals surface area contributed by atoms with Gasteiger partial charge in [0.2, 0.25) is 5.91 Å². The van der Waals surface area contributed by atoms with E-state index >= 15 is 0 Å². The molecule has 0 bridgehead atoms. The summed E-state index contributed by atoms with van der Waals surface area (Å²) in [5.41, 5.74) is 2.31. The lowest BCUT2D eigenvalue weighted by Gasteiger charge is -2.09. The number of rotatable bonds is 7. The third kappa shape index (κ3) is 5.18. The molecule has 1 amide bonds. The molecule has 7 nitrogen and oxygen atoms in total. The number of thioether (sulfide) groups is 1. The van der Waals surface area contributed by atoms with Crippen LogP contribution >= 0.6 is 11.8 Å². The van der Waals surface area contributed by atoms with Crippen molar-refractivity contribution in [3.05, 3.63) is 54.9 Å². The Morgan fingerprint density at radius 3 is 2.30 bits per heavy atom. The molecule has 3 rings (SSSR count). The topological polar surface area (TPSA) is 86.2 Å². The Kier molecular flexibility index (Phi) is 6.22. The van der Waals surface area contributed by atoms with Crippen molar-refractivity contribution in [1.29, 1.82) is 0 Å². The minimum atomic E-state index is -0.157. The molecule has 2 aromatic heterocycles. The maximum Gasteiger partial charge on any atom is 0.234 e. The van der Waals surface area contributed by atoms with Crippen LogP contribution in [-0.4, -0.2) is 41.1 Å². The van der Waals surface area contributed by atoms with E-state index in [0.717, 1.165) is 11.3 Å². The summed E-state index contributed by atoms with van der Waals surface area (Å²) < 4.78 is 10.4. The van der Waals surface area contributed by atoms with Gasteiger partial charge in [-0.3, -0.25) is 9.78 Å². The molecular formula is C19H18N4O3S. The molecule has 1 N–H and O–H groups in total. The van der Waals surface area contributed by atoms with Gasteiger partial charge in [-0.05, 0) is 24.3 Å². The van der Waals surface area contributed by atoms with Crippen LogP contribution in [0.2, 0.25) is 0 Å². The fourth-order valence-electron chi connectivity index (χ4n) is 2.29. The van der Waals surface area contributed by atoms with Gasteiger partial charge in [-0.2, -0.15) is 0 Å². The van der Waals surface area contributed by atoms with Gasteiger partial charge in [-0.25, -0.2) is 0 Å². The number of hydrogen-bond acceptors (Lipinski definition) is 7. The number of anilines is 1. The summed E-state index contributed by atoms with van der Waals surface area (Å²) in [5.74, 6) is 1.27. The average molecular weight is 382 g/mol. The van der Waals surface area contributed by atoms with Crippen molar-refractivity contribution < 1.29 is 14.3 Å². The highest BCUT2D eigenvalue weighted by Gasteiger charge is 2.08. The maximum atomic E-state index is 12.2. The van der Waals surface area contributed by atoms with E-state index < -0.39 is 0 Å². The molecule has 0 aliphatic rings. The number of nitrogens with zero attached hydrogens (tertiary/aromatic N) is 3. The van der Waals surface area contributed by atoms with Gasteiger partial charge >= 0.3 is 0 Å². The van der Waals surface area contributed by atoms with E-state index in [0.29, 0.717) is 22.2 Å². The van der Waals surface area contributed by atoms with Crippen LogP contribution in [0.1, 0.15) is 0 Å². The molecule has 1 aromatic carbocycles. The third-order valence-electron chi connectivity index (χ3n) is 3.60. The van der Waals surface area contributed by atoms with E-state index in [9.17, 15) is 4.79 Å². The number of methoxy groups -OCH3 is 2. The number of hydrogen-bond donors (Lipinski definition) is 1. The largest absolute Gasteiger partial charge is 0.497 e. The first-order valence-corrected chi connectivity index (χ1v) is 9.06. The molecule has 0 fully saturated rings. The first-order chi connectivity index (χ1) is 13.2. The van der Waals surface area contributed by atoms with E-state index in [4.69, 9.17) is 9.47 Å². The van der Waals surface area contributed by atoms with Crippen molar-refractivity contribution in [1.82, 2.24) is 15.2 Å². The molecule has 0 saturated heterocycles. The van der Waals surface area contributed by atoms with E-state index in [1.165, 1.54) is 11.8 Å². The first-order valence-electron chi connectivity index (χ1n) is 8.08. The van der Waals surface area contributed by atoms with Crippen molar-refractivity contribution in [3.8, 4) is 22.8 Å². The second kappa shape index (κ2) is 9.00. The van der Waals surface area contributed by atoms with Crippen LogP contribution < -0.4 is 14.8 Å². The highest BCUT2D eigenvalue weighted by Crippen LogP contribution is 2.26. The van der Waals surface area contributed by atoms with Crippen molar-refractivity contribution in [2.24, 2.45) is 0 Å². The Balaban J connectivity index is 1.58. The molecule has 0 aliphatic carbocycles. The molecule has 2 heterocycles. The number of aromatic nitrogens is 3. The predicted molar refractivity (Wildman–Crippen MR) is 104 cm³/mol. The molecule has 138 valence electrons. The molecule has 0 spiro atoms. The predicted octanol–water partition coefficient (Wildman–Crippen LogP) is 3.29. The van der Waals surface area contributed by atoms with Crippen molar-refractivity contribution >= 4 is 23.4 Å². The number of carbonyl (C=O) groups excluding carboxylic acids is 1. The van der Waals surface area contributed by atoms with Crippen LogP contribution in [-0.2, 0) is 4.79 Å². The van der Waals surface area contributed by atoms with E-state index in [1.54, 1.807) is 44.8 Å². The summed E-state index contributed by atoms with van der Waals surface area (Å²) in [5, 5.41) is 11.9. The molecular weight excluding hydrogens is 364 g/mol. The zero-order chi connectivity index (χ0) is 19.1. The van der Waals surface area contributed by atoms with Gasteiger partial charge in [0.15, 0.2) is 0 Å². The Labute approximate surface area is 161 Å². The van der Waals surface area contributed by atoms with Gasteiger partial charge in [0.05, 0.1) is 25.7 Å². The fourth-order valence-corrected chi connectivity index (χ4v) is 2.90. The second-order valence-corrected chi connectivity index (χ2v) is 6.43. The van der Waals surface area contributed by atoms with E-state index in [-0.39, 0.29) is 11.7 Å². The highest BCUT2D eigenvalue weighted by atomic mass is 32.2. The van der Waals surface area contributed by atoms with Crippen molar-refractivity contribution in [2.45, 2.75) is 5.03 Å². The summed E-state index contributed by atoms with van der Waals surface area (Å²) >= 11 is 1.31. The molecule has 3 aromatic rings. The summed E-state index contributed by atoms with van der Waals surface area (Å²) in [6.45, 7) is 0. The Morgan fingerprint density at radius 1 is 1.00 bits per heavy atom. The molecule has 0 saturated carbocycles. The van der Waals surface area contributed by atoms with Gasteiger partial charge in [0, 0.05) is 41.8 Å². The monoisotopic (exact) mass is 382 g/mol. The van der Waals surface area contributed by atoms with Gasteiger partial charge in [0.1, 0.15) is 16.5 Å². The second-order valence-electron chi connectivity index (χ2n) is 5.43. The maximum absolute atomic E-state index is 12.2. The van der Waals surface area contributed by atoms with Crippen LogP contribution in [0.5, 0.6) is 11.5 Å². The smallest absolute Gasteiger partial charge is 0.234 e. The molecule has 0 radical (unpaired) electrons. The van der Waals surface area contributed by atoms with Crippen molar-refractivity contribution in [2.75, 3.05) is 25.3 Å². The summed E-state index contributed by atoms with van der Waals surface area (Å²) in [7, 11) is 3.12. The third-order valence-corrected chi connectivity index (χ3v) is 4.52. The lowest BCUT2D eigenvalue weighted by molar-refractivity contribution is -0.113. The Morgan fingerprint density at radius 2 is 1.70 bits per heavy atom. The lowest BCUT2D eigenvalue weighted by atomic mass is 10.2. The number of carbonyl (C=O) groups is 1. The van der Waals surface area contributed by atoms with Gasteiger partial charge in [-0.15, -0.1) is 10.2 Å². The molecule has 0 unspecified atom stereocenters. The van der Waals surface area contributed by atoms with Crippen LogP contribution in [0.15, 0.2) is 59.9 Å². The van der Waals surface area contributed by atoms with Crippen LogP contribution in [0, 0.1) is 0 Å². The van der Waals surface area contributed by atoms with Gasteiger partial charge in [-0.1, -0.05) is 11.8 Å². The van der Waals surface area contributed by atoms with Crippen LogP contribution in [0.4, 0.5) is 5.69 Å².